The van der Waals surface area contributed by atoms with E-state index in [1.807, 2.05) is 36.6 Å². The number of carbonyl (C=O) groups is 1. The van der Waals surface area contributed by atoms with Crippen LogP contribution >= 0.6 is 34.4 Å². The first-order valence-corrected chi connectivity index (χ1v) is 12.4. The maximum absolute atomic E-state index is 12.4. The van der Waals surface area contributed by atoms with Gasteiger partial charge in [-0.1, -0.05) is 54.5 Å². The number of rotatable bonds is 7. The second-order valence-corrected chi connectivity index (χ2v) is 10.3. The second-order valence-electron chi connectivity index (χ2n) is 7.02. The van der Waals surface area contributed by atoms with Crippen molar-refractivity contribution in [3.05, 3.63) is 34.7 Å². The van der Waals surface area contributed by atoms with Crippen LogP contribution in [0.25, 0.3) is 11.3 Å². The molecule has 2 aromatic heterocycles. The van der Waals surface area contributed by atoms with E-state index in [1.54, 1.807) is 11.3 Å². The monoisotopic (exact) mass is 445 g/mol. The summed E-state index contributed by atoms with van der Waals surface area (Å²) in [5, 5.41) is 18.8. The first-order valence-electron chi connectivity index (χ1n) is 9.71. The van der Waals surface area contributed by atoms with Crippen LogP contribution in [-0.4, -0.2) is 32.9 Å². The number of hydrogen-bond acceptors (Lipinski definition) is 8. The highest BCUT2D eigenvalue weighted by molar-refractivity contribution is 8.01. The number of benzene rings is 1. The van der Waals surface area contributed by atoms with Gasteiger partial charge in [-0.3, -0.25) is 4.79 Å². The van der Waals surface area contributed by atoms with E-state index in [0.29, 0.717) is 11.8 Å². The highest BCUT2D eigenvalue weighted by Gasteiger charge is 2.15. The van der Waals surface area contributed by atoms with Gasteiger partial charge in [0.15, 0.2) is 4.34 Å². The molecule has 0 atom stereocenters. The van der Waals surface area contributed by atoms with Gasteiger partial charge in [-0.15, -0.1) is 21.5 Å². The van der Waals surface area contributed by atoms with Gasteiger partial charge in [0.05, 0.1) is 16.5 Å². The molecule has 0 bridgehead atoms. The third-order valence-corrected chi connectivity index (χ3v) is 7.49. The van der Waals surface area contributed by atoms with E-state index in [1.165, 1.54) is 55.2 Å². The number of thiazole rings is 1. The Hall–Kier alpha value is -1.97. The van der Waals surface area contributed by atoms with Crippen LogP contribution in [0, 0.1) is 6.92 Å². The Labute approximate surface area is 182 Å². The normalized spacial score (nSPS) is 14.7. The van der Waals surface area contributed by atoms with E-state index >= 15 is 0 Å². The molecule has 1 saturated carbocycles. The molecule has 3 aromatic rings. The Balaban J connectivity index is 1.28. The van der Waals surface area contributed by atoms with Crippen LogP contribution in [0.1, 0.15) is 37.1 Å². The third-order valence-electron chi connectivity index (χ3n) is 4.73. The Morgan fingerprint density at radius 1 is 1.24 bits per heavy atom. The summed E-state index contributed by atoms with van der Waals surface area (Å²) in [5.74, 6) is 0.247. The number of nitrogens with zero attached hydrogens (tertiary/aromatic N) is 3. The number of aryl methyl sites for hydroxylation is 1. The molecule has 1 aliphatic rings. The van der Waals surface area contributed by atoms with Gasteiger partial charge < -0.3 is 10.6 Å². The summed E-state index contributed by atoms with van der Waals surface area (Å²) in [7, 11) is 0. The number of aromatic nitrogens is 3. The van der Waals surface area contributed by atoms with Crippen LogP contribution in [0.2, 0.25) is 0 Å². The molecule has 1 aliphatic carbocycles. The summed E-state index contributed by atoms with van der Waals surface area (Å²) in [5.41, 5.74) is 2.71. The maximum Gasteiger partial charge on any atom is 0.234 e. The van der Waals surface area contributed by atoms with E-state index in [4.69, 9.17) is 0 Å². The lowest BCUT2D eigenvalue weighted by atomic mass is 9.96. The topological polar surface area (TPSA) is 79.8 Å². The molecule has 29 heavy (non-hydrogen) atoms. The van der Waals surface area contributed by atoms with Crippen molar-refractivity contribution in [2.24, 2.45) is 0 Å². The predicted molar refractivity (Wildman–Crippen MR) is 122 cm³/mol. The highest BCUT2D eigenvalue weighted by Crippen LogP contribution is 2.29. The summed E-state index contributed by atoms with van der Waals surface area (Å²) in [4.78, 5) is 16.9. The number of anilines is 2. The first kappa shape index (κ1) is 20.3. The lowest BCUT2D eigenvalue weighted by molar-refractivity contribution is -0.113. The molecule has 152 valence electrons. The van der Waals surface area contributed by atoms with Gasteiger partial charge in [0.2, 0.25) is 11.0 Å². The van der Waals surface area contributed by atoms with Crippen molar-refractivity contribution in [3.8, 4) is 11.3 Å². The molecule has 0 aliphatic heterocycles. The molecule has 1 aromatic carbocycles. The molecule has 1 amide bonds. The molecule has 0 spiro atoms. The van der Waals surface area contributed by atoms with Crippen molar-refractivity contribution >= 4 is 51.2 Å². The zero-order chi connectivity index (χ0) is 20.1. The number of amides is 1. The molecular formula is C20H23N5OS3. The van der Waals surface area contributed by atoms with Gasteiger partial charge in [-0.25, -0.2) is 4.98 Å². The zero-order valence-corrected chi connectivity index (χ0v) is 18.6. The quantitative estimate of drug-likeness (QED) is 0.471. The Morgan fingerprint density at radius 2 is 2.10 bits per heavy atom. The summed E-state index contributed by atoms with van der Waals surface area (Å²) in [6.45, 7) is 1.99. The fourth-order valence-electron chi connectivity index (χ4n) is 3.32. The smallest absolute Gasteiger partial charge is 0.234 e. The molecule has 4 rings (SSSR count). The molecule has 0 radical (unpaired) electrons. The minimum atomic E-state index is -0.0569. The molecule has 0 unspecified atom stereocenters. The molecule has 2 N–H and O–H groups in total. The van der Waals surface area contributed by atoms with E-state index in [2.05, 4.69) is 25.8 Å². The summed E-state index contributed by atoms with van der Waals surface area (Å²) >= 11 is 4.55. The molecule has 1 fully saturated rings. The first-order chi connectivity index (χ1) is 14.2. The lowest BCUT2D eigenvalue weighted by Gasteiger charge is -2.21. The van der Waals surface area contributed by atoms with Crippen LogP contribution in [0.4, 0.5) is 10.8 Å². The number of carbonyl (C=O) groups excluding carboxylic acids is 1. The van der Waals surface area contributed by atoms with Crippen LogP contribution in [0.5, 0.6) is 0 Å². The van der Waals surface area contributed by atoms with Gasteiger partial charge >= 0.3 is 0 Å². The van der Waals surface area contributed by atoms with E-state index in [-0.39, 0.29) is 5.91 Å². The number of thioether (sulfide) groups is 1. The second kappa shape index (κ2) is 9.69. The van der Waals surface area contributed by atoms with Crippen LogP contribution in [0.15, 0.2) is 34.0 Å². The van der Waals surface area contributed by atoms with Crippen molar-refractivity contribution < 1.29 is 4.79 Å². The minimum absolute atomic E-state index is 0.0569. The Morgan fingerprint density at radius 3 is 2.90 bits per heavy atom. The molecular weight excluding hydrogens is 422 g/mol. The van der Waals surface area contributed by atoms with Crippen molar-refractivity contribution in [1.82, 2.24) is 15.2 Å². The Kier molecular flexibility index (Phi) is 6.78. The Bertz CT molecular complexity index is 964. The van der Waals surface area contributed by atoms with E-state index in [0.717, 1.165) is 31.4 Å². The molecule has 9 heteroatoms. The van der Waals surface area contributed by atoms with Crippen molar-refractivity contribution in [2.45, 2.75) is 49.4 Å². The SMILES string of the molecule is Cc1nc(-c2cccc(NC(=O)CSc3nnc(NC4CCCCC4)s3)c2)cs1. The fraction of sp³-hybridized carbons (Fsp3) is 0.400. The summed E-state index contributed by atoms with van der Waals surface area (Å²) < 4.78 is 0.810. The van der Waals surface area contributed by atoms with Gasteiger partial charge in [0, 0.05) is 22.7 Å². The van der Waals surface area contributed by atoms with Crippen molar-refractivity contribution in [2.75, 3.05) is 16.4 Å². The van der Waals surface area contributed by atoms with Crippen LogP contribution < -0.4 is 10.6 Å². The zero-order valence-electron chi connectivity index (χ0n) is 16.2. The van der Waals surface area contributed by atoms with Crippen molar-refractivity contribution in [1.29, 1.82) is 0 Å². The van der Waals surface area contributed by atoms with Gasteiger partial charge in [-0.2, -0.15) is 0 Å². The maximum atomic E-state index is 12.4. The molecule has 0 saturated heterocycles. The highest BCUT2D eigenvalue weighted by atomic mass is 32.2. The van der Waals surface area contributed by atoms with Gasteiger partial charge in [0.1, 0.15) is 0 Å². The van der Waals surface area contributed by atoms with Gasteiger partial charge in [0.25, 0.3) is 0 Å². The van der Waals surface area contributed by atoms with Gasteiger partial charge in [-0.05, 0) is 31.9 Å². The van der Waals surface area contributed by atoms with Crippen molar-refractivity contribution in [3.63, 3.8) is 0 Å². The number of hydrogen-bond donors (Lipinski definition) is 2. The summed E-state index contributed by atoms with van der Waals surface area (Å²) in [6, 6.07) is 8.28. The van der Waals surface area contributed by atoms with E-state index in [9.17, 15) is 4.79 Å². The largest absolute Gasteiger partial charge is 0.357 e. The average molecular weight is 446 g/mol. The lowest BCUT2D eigenvalue weighted by Crippen LogP contribution is -2.21. The number of nitrogens with one attached hydrogen (secondary N) is 2. The fourth-order valence-corrected chi connectivity index (χ4v) is 5.58. The minimum Gasteiger partial charge on any atom is -0.357 e. The predicted octanol–water partition coefficient (Wildman–Crippen LogP) is 5.45. The average Bonchev–Trinajstić information content (AvgIpc) is 3.36. The van der Waals surface area contributed by atoms with Crippen LogP contribution in [-0.2, 0) is 4.79 Å². The standard InChI is InChI=1S/C20H23N5OS3/c1-13-21-17(11-27-13)14-6-5-9-16(10-14)22-18(26)12-28-20-25-24-19(29-20)23-15-7-3-2-4-8-15/h5-6,9-11,15H,2-4,7-8,12H2,1H3,(H,22,26)(H,23,24). The summed E-state index contributed by atoms with van der Waals surface area (Å²) in [6.07, 6.45) is 6.29. The van der Waals surface area contributed by atoms with E-state index < -0.39 is 0 Å². The molecule has 2 heterocycles. The van der Waals surface area contributed by atoms with Crippen LogP contribution in [0.3, 0.4) is 0 Å². The molecule has 6 nitrogen and oxygen atoms in total. The third kappa shape index (κ3) is 5.77.